The first kappa shape index (κ1) is 24.3. The summed E-state index contributed by atoms with van der Waals surface area (Å²) >= 11 is 6.09. The molecule has 4 aromatic rings. The molecule has 4 heterocycles. The van der Waals surface area contributed by atoms with Gasteiger partial charge in [0.25, 0.3) is 6.43 Å². The average molecular weight is 514 g/mol. The van der Waals surface area contributed by atoms with E-state index in [0.29, 0.717) is 35.1 Å². The Hall–Kier alpha value is -3.37. The van der Waals surface area contributed by atoms with Crippen LogP contribution in [-0.2, 0) is 24.9 Å². The summed E-state index contributed by atoms with van der Waals surface area (Å²) in [5.74, 6) is -0.117. The minimum Gasteiger partial charge on any atom is -0.339 e. The lowest BCUT2D eigenvalue weighted by molar-refractivity contribution is -0.133. The van der Waals surface area contributed by atoms with E-state index in [2.05, 4.69) is 20.1 Å². The Labute approximate surface area is 212 Å². The van der Waals surface area contributed by atoms with Crippen LogP contribution in [0.2, 0.25) is 5.02 Å². The number of fused-ring (bicyclic) bond motifs is 1. The van der Waals surface area contributed by atoms with E-state index in [1.54, 1.807) is 35.9 Å². The van der Waals surface area contributed by atoms with Gasteiger partial charge in [0.15, 0.2) is 5.65 Å². The molecule has 8 nitrogen and oxygen atoms in total. The maximum atomic E-state index is 14.0. The molecule has 1 aliphatic rings. The number of aromatic nitrogens is 5. The van der Waals surface area contributed by atoms with Crippen LogP contribution in [-0.4, -0.2) is 66.4 Å². The van der Waals surface area contributed by atoms with E-state index in [-0.39, 0.29) is 29.0 Å². The van der Waals surface area contributed by atoms with Crippen LogP contribution in [0.1, 0.15) is 23.2 Å². The molecule has 0 atom stereocenters. The lowest BCUT2D eigenvalue weighted by Gasteiger charge is -2.34. The van der Waals surface area contributed by atoms with Crippen LogP contribution in [0, 0.1) is 6.92 Å². The molecule has 0 saturated carbocycles. The fourth-order valence-electron chi connectivity index (χ4n) is 4.65. The fourth-order valence-corrected chi connectivity index (χ4v) is 4.86. The highest BCUT2D eigenvalue weighted by Gasteiger charge is 2.25. The molecule has 0 radical (unpaired) electrons. The number of piperazine rings is 1. The van der Waals surface area contributed by atoms with Crippen molar-refractivity contribution < 1.29 is 13.6 Å². The summed E-state index contributed by atoms with van der Waals surface area (Å²) in [6.07, 6.45) is 0.585. The van der Waals surface area contributed by atoms with Crippen molar-refractivity contribution in [1.29, 1.82) is 0 Å². The molecule has 1 amide bonds. The monoisotopic (exact) mass is 513 g/mol. The molecular weight excluding hydrogens is 488 g/mol. The number of rotatable bonds is 6. The number of hydrogen-bond acceptors (Lipinski definition) is 5. The van der Waals surface area contributed by atoms with Crippen molar-refractivity contribution in [2.75, 3.05) is 26.2 Å². The molecule has 0 N–H and O–H groups in total. The van der Waals surface area contributed by atoms with E-state index in [4.69, 9.17) is 11.6 Å². The van der Waals surface area contributed by atoms with Gasteiger partial charge in [-0.05, 0) is 30.7 Å². The molecule has 36 heavy (non-hydrogen) atoms. The molecule has 1 aromatic carbocycles. The van der Waals surface area contributed by atoms with Gasteiger partial charge in [-0.25, -0.2) is 18.4 Å². The molecule has 0 spiro atoms. The minimum absolute atomic E-state index is 0.0647. The largest absolute Gasteiger partial charge is 0.339 e. The molecule has 188 valence electrons. The van der Waals surface area contributed by atoms with Gasteiger partial charge in [-0.1, -0.05) is 23.7 Å². The second kappa shape index (κ2) is 9.94. The third-order valence-corrected chi connectivity index (χ3v) is 6.68. The van der Waals surface area contributed by atoms with Crippen LogP contribution in [0.15, 0.2) is 42.7 Å². The summed E-state index contributed by atoms with van der Waals surface area (Å²) in [4.78, 5) is 21.8. The third kappa shape index (κ3) is 4.96. The number of amides is 1. The van der Waals surface area contributed by atoms with Crippen LogP contribution in [0.3, 0.4) is 0 Å². The molecule has 11 heteroatoms. The number of aryl methyl sites for hydroxylation is 2. The molecule has 1 fully saturated rings. The fraction of sp³-hybridized carbons (Fsp3) is 0.360. The maximum Gasteiger partial charge on any atom is 0.264 e. The van der Waals surface area contributed by atoms with Gasteiger partial charge < -0.3 is 4.90 Å². The van der Waals surface area contributed by atoms with Crippen LogP contribution in [0.4, 0.5) is 8.78 Å². The molecule has 0 bridgehead atoms. The summed E-state index contributed by atoms with van der Waals surface area (Å²) in [5.41, 5.74) is 2.67. The van der Waals surface area contributed by atoms with Crippen molar-refractivity contribution in [2.45, 2.75) is 26.4 Å². The van der Waals surface area contributed by atoms with Gasteiger partial charge in [-0.2, -0.15) is 10.2 Å². The van der Waals surface area contributed by atoms with Gasteiger partial charge in [0.1, 0.15) is 6.54 Å². The number of pyridine rings is 1. The van der Waals surface area contributed by atoms with Gasteiger partial charge in [0.05, 0.1) is 23.0 Å². The smallest absolute Gasteiger partial charge is 0.264 e. The molecule has 1 saturated heterocycles. The summed E-state index contributed by atoms with van der Waals surface area (Å²) < 4.78 is 31.0. The van der Waals surface area contributed by atoms with Gasteiger partial charge >= 0.3 is 0 Å². The van der Waals surface area contributed by atoms with Crippen LogP contribution < -0.4 is 0 Å². The highest BCUT2D eigenvalue weighted by atomic mass is 35.5. The Morgan fingerprint density at radius 1 is 1.17 bits per heavy atom. The van der Waals surface area contributed by atoms with E-state index < -0.39 is 6.43 Å². The van der Waals surface area contributed by atoms with Crippen molar-refractivity contribution in [3.05, 3.63) is 64.6 Å². The number of alkyl halides is 2. The van der Waals surface area contributed by atoms with Gasteiger partial charge in [-0.15, -0.1) is 0 Å². The Morgan fingerprint density at radius 2 is 1.94 bits per heavy atom. The highest BCUT2D eigenvalue weighted by molar-refractivity contribution is 6.30. The Balaban J connectivity index is 1.34. The lowest BCUT2D eigenvalue weighted by Crippen LogP contribution is -2.49. The predicted molar refractivity (Wildman–Crippen MR) is 133 cm³/mol. The summed E-state index contributed by atoms with van der Waals surface area (Å²) in [6, 6.07) is 9.14. The normalized spacial score (nSPS) is 14.8. The summed E-state index contributed by atoms with van der Waals surface area (Å²) in [7, 11) is 1.75. The molecule has 0 aliphatic carbocycles. The molecule has 0 unspecified atom stereocenters. The Morgan fingerprint density at radius 3 is 2.61 bits per heavy atom. The van der Waals surface area contributed by atoms with Crippen molar-refractivity contribution in [1.82, 2.24) is 34.3 Å². The molecular formula is C25H26ClF2N7O. The van der Waals surface area contributed by atoms with Gasteiger partial charge in [0.2, 0.25) is 5.91 Å². The number of carbonyl (C=O) groups excluding carboxylic acids is 1. The van der Waals surface area contributed by atoms with E-state index in [9.17, 15) is 13.6 Å². The van der Waals surface area contributed by atoms with Crippen molar-refractivity contribution in [3.8, 4) is 11.3 Å². The Bertz CT molecular complexity index is 1410. The Kier molecular flexibility index (Phi) is 6.72. The average Bonchev–Trinajstić information content (AvgIpc) is 3.42. The number of hydrogen-bond donors (Lipinski definition) is 0. The minimum atomic E-state index is -2.70. The standard InChI is InChI=1S/C25H26ClF2N7O/c1-16-23-20(24(27)28)11-21(18-12-29-32(2)14-18)30-25(23)35(31-16)15-22(36)34-8-6-33(7-9-34)13-17-4-3-5-19(26)10-17/h3-5,10-12,14,24H,6-9,13,15H2,1-2H3. The molecule has 5 rings (SSSR count). The lowest BCUT2D eigenvalue weighted by atomic mass is 10.1. The van der Waals surface area contributed by atoms with Crippen molar-refractivity contribution in [2.24, 2.45) is 7.05 Å². The maximum absolute atomic E-state index is 14.0. The zero-order valence-corrected chi connectivity index (χ0v) is 20.8. The first-order valence-corrected chi connectivity index (χ1v) is 12.1. The van der Waals surface area contributed by atoms with Crippen molar-refractivity contribution >= 4 is 28.5 Å². The van der Waals surface area contributed by atoms with E-state index in [0.717, 1.165) is 25.2 Å². The topological polar surface area (TPSA) is 72.1 Å². The summed E-state index contributed by atoms with van der Waals surface area (Å²) in [6.45, 7) is 4.98. The third-order valence-electron chi connectivity index (χ3n) is 6.45. The molecule has 3 aromatic heterocycles. The second-order valence-corrected chi connectivity index (χ2v) is 9.47. The SMILES string of the molecule is Cc1nn(CC(=O)N2CCN(Cc3cccc(Cl)c3)CC2)c2nc(-c3cnn(C)c3)cc(C(F)F)c12. The van der Waals surface area contributed by atoms with Crippen LogP contribution >= 0.6 is 11.6 Å². The zero-order valence-electron chi connectivity index (χ0n) is 20.0. The molecule has 1 aliphatic heterocycles. The second-order valence-electron chi connectivity index (χ2n) is 9.03. The highest BCUT2D eigenvalue weighted by Crippen LogP contribution is 2.33. The van der Waals surface area contributed by atoms with Crippen LogP contribution in [0.25, 0.3) is 22.3 Å². The van der Waals surface area contributed by atoms with Gasteiger partial charge in [-0.3, -0.25) is 14.4 Å². The van der Waals surface area contributed by atoms with E-state index >= 15 is 0 Å². The summed E-state index contributed by atoms with van der Waals surface area (Å²) in [5, 5.41) is 9.53. The quantitative estimate of drug-likeness (QED) is 0.388. The zero-order chi connectivity index (χ0) is 25.4. The number of halogens is 3. The number of carbonyl (C=O) groups is 1. The van der Waals surface area contributed by atoms with Gasteiger partial charge in [0, 0.05) is 62.1 Å². The van der Waals surface area contributed by atoms with E-state index in [1.807, 2.05) is 24.3 Å². The predicted octanol–water partition coefficient (Wildman–Crippen LogP) is 4.08. The first-order valence-electron chi connectivity index (χ1n) is 11.7. The number of benzene rings is 1. The van der Waals surface area contributed by atoms with Crippen LogP contribution in [0.5, 0.6) is 0 Å². The number of nitrogens with zero attached hydrogens (tertiary/aromatic N) is 7. The van der Waals surface area contributed by atoms with Crippen molar-refractivity contribution in [3.63, 3.8) is 0 Å². The first-order chi connectivity index (χ1) is 17.3. The van der Waals surface area contributed by atoms with E-state index in [1.165, 1.54) is 10.7 Å².